The summed E-state index contributed by atoms with van der Waals surface area (Å²) in [7, 11) is -4.67. The first kappa shape index (κ1) is 23.2. The summed E-state index contributed by atoms with van der Waals surface area (Å²) in [6, 6.07) is 9.79. The second-order valence-corrected chi connectivity index (χ2v) is 8.42. The Morgan fingerprint density at radius 2 is 1.72 bits per heavy atom. The van der Waals surface area contributed by atoms with Crippen molar-refractivity contribution in [3.05, 3.63) is 58.4 Å². The van der Waals surface area contributed by atoms with Gasteiger partial charge < -0.3 is 9.30 Å². The Kier molecular flexibility index (Phi) is 7.65. The smallest absolute Gasteiger partial charge is 0.394 e. The molecular weight excluding hydrogens is 416 g/mol. The summed E-state index contributed by atoms with van der Waals surface area (Å²) < 4.78 is 40.0. The quantitative estimate of drug-likeness (QED) is 0.547. The molecule has 0 amide bonds. The van der Waals surface area contributed by atoms with Crippen molar-refractivity contribution in [2.24, 2.45) is 5.92 Å². The SMILES string of the molecule is Cc1c(C)n(CC(C)C)c2c(OCc3ccc(Cl)cc3)nccc12.O=S(=O)(O)O. The number of halogens is 1. The van der Waals surface area contributed by atoms with Crippen LogP contribution in [0.4, 0.5) is 0 Å². The molecule has 0 aliphatic carbocycles. The summed E-state index contributed by atoms with van der Waals surface area (Å²) in [5.41, 5.74) is 4.75. The molecule has 29 heavy (non-hydrogen) atoms. The van der Waals surface area contributed by atoms with Crippen LogP contribution in [0, 0.1) is 19.8 Å². The van der Waals surface area contributed by atoms with Crippen LogP contribution < -0.4 is 4.74 Å². The summed E-state index contributed by atoms with van der Waals surface area (Å²) in [6.07, 6.45) is 1.83. The average Bonchev–Trinajstić information content (AvgIpc) is 2.85. The lowest BCUT2D eigenvalue weighted by Gasteiger charge is -2.14. The van der Waals surface area contributed by atoms with Gasteiger partial charge in [0.15, 0.2) is 0 Å². The highest BCUT2D eigenvalue weighted by Gasteiger charge is 2.17. The van der Waals surface area contributed by atoms with Crippen molar-refractivity contribution >= 4 is 32.9 Å². The van der Waals surface area contributed by atoms with Gasteiger partial charge in [0.2, 0.25) is 5.88 Å². The normalized spacial score (nSPS) is 11.4. The monoisotopic (exact) mass is 440 g/mol. The molecule has 0 saturated carbocycles. The molecule has 0 aliphatic heterocycles. The van der Waals surface area contributed by atoms with Gasteiger partial charge in [-0.1, -0.05) is 37.6 Å². The number of ether oxygens (including phenoxy) is 1. The molecule has 158 valence electrons. The van der Waals surface area contributed by atoms with E-state index >= 15 is 0 Å². The topological polar surface area (TPSA) is 102 Å². The van der Waals surface area contributed by atoms with Crippen molar-refractivity contribution in [1.82, 2.24) is 9.55 Å². The third-order valence-corrected chi connectivity index (χ3v) is 4.60. The van der Waals surface area contributed by atoms with Crippen LogP contribution in [0.15, 0.2) is 36.5 Å². The number of aryl methyl sites for hydroxylation is 1. The number of fused-ring (bicyclic) bond motifs is 1. The standard InChI is InChI=1S/C20H23ClN2O.H2O4S/c1-13(2)11-23-15(4)14(3)18-9-10-22-20(19(18)23)24-12-16-5-7-17(21)8-6-16;1-5(2,3)4/h5-10,13H,11-12H2,1-4H3;(H2,1,2,3,4). The molecule has 0 aliphatic rings. The van der Waals surface area contributed by atoms with Crippen LogP contribution in [0.1, 0.15) is 30.7 Å². The van der Waals surface area contributed by atoms with E-state index in [0.29, 0.717) is 18.4 Å². The van der Waals surface area contributed by atoms with E-state index in [1.165, 1.54) is 16.6 Å². The van der Waals surface area contributed by atoms with Crippen molar-refractivity contribution in [3.63, 3.8) is 0 Å². The minimum absolute atomic E-state index is 0.480. The number of nitrogens with zero attached hydrogens (tertiary/aromatic N) is 2. The van der Waals surface area contributed by atoms with Crippen LogP contribution in [0.5, 0.6) is 5.88 Å². The van der Waals surface area contributed by atoms with Crippen molar-refractivity contribution < 1.29 is 22.3 Å². The molecule has 2 aromatic heterocycles. The summed E-state index contributed by atoms with van der Waals surface area (Å²) >= 11 is 5.94. The lowest BCUT2D eigenvalue weighted by molar-refractivity contribution is 0.296. The largest absolute Gasteiger partial charge is 0.471 e. The van der Waals surface area contributed by atoms with E-state index in [9.17, 15) is 0 Å². The summed E-state index contributed by atoms with van der Waals surface area (Å²) in [5.74, 6) is 1.25. The highest BCUT2D eigenvalue weighted by atomic mass is 35.5. The van der Waals surface area contributed by atoms with Gasteiger partial charge in [0.05, 0.1) is 0 Å². The number of hydrogen-bond acceptors (Lipinski definition) is 4. The molecule has 0 spiro atoms. The molecule has 9 heteroatoms. The Bertz CT molecular complexity index is 1070. The van der Waals surface area contributed by atoms with Crippen molar-refractivity contribution in [2.75, 3.05) is 0 Å². The van der Waals surface area contributed by atoms with Gasteiger partial charge in [-0.05, 0) is 49.1 Å². The van der Waals surface area contributed by atoms with Gasteiger partial charge in [0.25, 0.3) is 0 Å². The molecule has 0 radical (unpaired) electrons. The molecule has 0 fully saturated rings. The average molecular weight is 441 g/mol. The first-order valence-electron chi connectivity index (χ1n) is 8.99. The van der Waals surface area contributed by atoms with Crippen LogP contribution >= 0.6 is 11.6 Å². The first-order valence-corrected chi connectivity index (χ1v) is 10.8. The molecule has 2 N–H and O–H groups in total. The van der Waals surface area contributed by atoms with Gasteiger partial charge in [0.1, 0.15) is 12.1 Å². The minimum Gasteiger partial charge on any atom is -0.471 e. The lowest BCUT2D eigenvalue weighted by atomic mass is 10.2. The Hall–Kier alpha value is -2.13. The number of aromatic nitrogens is 2. The second kappa shape index (κ2) is 9.58. The van der Waals surface area contributed by atoms with Crippen molar-refractivity contribution in [1.29, 1.82) is 0 Å². The highest BCUT2D eigenvalue weighted by Crippen LogP contribution is 2.32. The van der Waals surface area contributed by atoms with E-state index in [4.69, 9.17) is 33.9 Å². The van der Waals surface area contributed by atoms with Crippen molar-refractivity contribution in [2.45, 2.75) is 40.8 Å². The van der Waals surface area contributed by atoms with E-state index in [1.807, 2.05) is 30.5 Å². The maximum atomic E-state index is 8.74. The van der Waals surface area contributed by atoms with Crippen LogP contribution in [-0.2, 0) is 23.6 Å². The van der Waals surface area contributed by atoms with E-state index in [2.05, 4.69) is 43.3 Å². The van der Waals surface area contributed by atoms with Gasteiger partial charge in [-0.25, -0.2) is 4.98 Å². The first-order chi connectivity index (χ1) is 13.5. The van der Waals surface area contributed by atoms with Gasteiger partial charge >= 0.3 is 10.4 Å². The maximum absolute atomic E-state index is 8.74. The predicted octanol–water partition coefficient (Wildman–Crippen LogP) is 4.89. The van der Waals surface area contributed by atoms with Crippen LogP contribution in [-0.4, -0.2) is 27.1 Å². The molecule has 1 aromatic carbocycles. The van der Waals surface area contributed by atoms with Crippen molar-refractivity contribution in [3.8, 4) is 5.88 Å². The Morgan fingerprint density at radius 3 is 2.28 bits per heavy atom. The summed E-state index contributed by atoms with van der Waals surface area (Å²) in [5, 5.41) is 1.95. The molecule has 3 rings (SSSR count). The molecule has 0 atom stereocenters. The zero-order valence-electron chi connectivity index (χ0n) is 16.8. The van der Waals surface area contributed by atoms with Crippen LogP contribution in [0.25, 0.3) is 10.9 Å². The molecule has 2 heterocycles. The Balaban J connectivity index is 0.000000537. The predicted molar refractivity (Wildman–Crippen MR) is 114 cm³/mol. The van der Waals surface area contributed by atoms with E-state index < -0.39 is 10.4 Å². The highest BCUT2D eigenvalue weighted by molar-refractivity contribution is 7.79. The number of hydrogen-bond donors (Lipinski definition) is 2. The van der Waals surface area contributed by atoms with Gasteiger partial charge in [0, 0.05) is 28.8 Å². The maximum Gasteiger partial charge on any atom is 0.394 e. The fourth-order valence-corrected chi connectivity index (χ4v) is 3.12. The molecule has 7 nitrogen and oxygen atoms in total. The fraction of sp³-hybridized carbons (Fsp3) is 0.350. The minimum atomic E-state index is -4.67. The molecule has 0 unspecified atom stereocenters. The van der Waals surface area contributed by atoms with Gasteiger partial charge in [-0.15, -0.1) is 0 Å². The lowest BCUT2D eigenvalue weighted by Crippen LogP contribution is -2.08. The molecule has 3 aromatic rings. The zero-order valence-corrected chi connectivity index (χ0v) is 18.3. The third-order valence-electron chi connectivity index (χ3n) is 4.35. The van der Waals surface area contributed by atoms with E-state index in [0.717, 1.165) is 22.6 Å². The number of pyridine rings is 1. The van der Waals surface area contributed by atoms with Crippen LogP contribution in [0.2, 0.25) is 5.02 Å². The summed E-state index contributed by atoms with van der Waals surface area (Å²) in [6.45, 7) is 10.2. The van der Waals surface area contributed by atoms with Crippen LogP contribution in [0.3, 0.4) is 0 Å². The fourth-order valence-electron chi connectivity index (χ4n) is 2.99. The number of rotatable bonds is 5. The van der Waals surface area contributed by atoms with E-state index in [1.54, 1.807) is 0 Å². The second-order valence-electron chi connectivity index (χ2n) is 7.09. The molecular formula is C20H25ClN2O5S. The van der Waals surface area contributed by atoms with E-state index in [-0.39, 0.29) is 0 Å². The molecule has 0 bridgehead atoms. The van der Waals surface area contributed by atoms with Gasteiger partial charge in [-0.2, -0.15) is 8.42 Å². The number of benzene rings is 1. The Labute approximate surface area is 175 Å². The van der Waals surface area contributed by atoms with Gasteiger partial charge in [-0.3, -0.25) is 9.11 Å². The zero-order chi connectivity index (χ0) is 21.8. The third kappa shape index (κ3) is 6.71. The molecule has 0 saturated heterocycles. The summed E-state index contributed by atoms with van der Waals surface area (Å²) in [4.78, 5) is 4.49. The Morgan fingerprint density at radius 1 is 1.14 bits per heavy atom.